The molecule has 104 valence electrons. The highest BCUT2D eigenvalue weighted by molar-refractivity contribution is 7.80. The van der Waals surface area contributed by atoms with Crippen molar-refractivity contribution in [3.8, 4) is 0 Å². The predicted molar refractivity (Wildman–Crippen MR) is 71.9 cm³/mol. The summed E-state index contributed by atoms with van der Waals surface area (Å²) in [6, 6.07) is 4.33. The molecule has 2 aromatic rings. The van der Waals surface area contributed by atoms with Gasteiger partial charge in [0.15, 0.2) is 0 Å². The first-order chi connectivity index (χ1) is 9.36. The standard InChI is InChI=1S/C13H8F4N2S/c14-7-3-8(15)5-9(4-7)19-12-10(16)1-6(13(18)20)2-11(12)17/h1-5,19H,(H2,18,20). The monoisotopic (exact) mass is 300 g/mol. The summed E-state index contributed by atoms with van der Waals surface area (Å²) in [6.45, 7) is 0. The minimum absolute atomic E-state index is 0.0194. The molecule has 0 saturated carbocycles. The lowest BCUT2D eigenvalue weighted by Gasteiger charge is -2.10. The Balaban J connectivity index is 2.41. The molecule has 0 amide bonds. The average Bonchev–Trinajstić information content (AvgIpc) is 2.32. The fourth-order valence-corrected chi connectivity index (χ4v) is 1.72. The molecule has 0 unspecified atom stereocenters. The van der Waals surface area contributed by atoms with Crippen LogP contribution in [0.15, 0.2) is 30.3 Å². The van der Waals surface area contributed by atoms with E-state index in [1.165, 1.54) is 0 Å². The number of thiocarbonyl (C=S) groups is 1. The van der Waals surface area contributed by atoms with Crippen LogP contribution in [0.1, 0.15) is 5.56 Å². The number of anilines is 2. The molecule has 0 aromatic heterocycles. The molecule has 0 aliphatic rings. The summed E-state index contributed by atoms with van der Waals surface area (Å²) in [6.07, 6.45) is 0. The summed E-state index contributed by atoms with van der Waals surface area (Å²) < 4.78 is 53.5. The van der Waals surface area contributed by atoms with E-state index in [0.29, 0.717) is 6.07 Å². The molecule has 0 bridgehead atoms. The summed E-state index contributed by atoms with van der Waals surface area (Å²) in [5.74, 6) is -3.68. The summed E-state index contributed by atoms with van der Waals surface area (Å²) in [5.41, 5.74) is 4.62. The van der Waals surface area contributed by atoms with Crippen LogP contribution in [-0.4, -0.2) is 4.99 Å². The number of nitrogens with one attached hydrogen (secondary N) is 1. The lowest BCUT2D eigenvalue weighted by atomic mass is 10.1. The van der Waals surface area contributed by atoms with Crippen molar-refractivity contribution in [3.05, 3.63) is 59.2 Å². The maximum atomic E-state index is 13.8. The van der Waals surface area contributed by atoms with Crippen LogP contribution in [0.5, 0.6) is 0 Å². The van der Waals surface area contributed by atoms with Gasteiger partial charge in [0.1, 0.15) is 33.9 Å². The van der Waals surface area contributed by atoms with E-state index < -0.39 is 29.0 Å². The van der Waals surface area contributed by atoms with Gasteiger partial charge in [0.2, 0.25) is 0 Å². The fraction of sp³-hybridized carbons (Fsp3) is 0. The van der Waals surface area contributed by atoms with Crippen molar-refractivity contribution < 1.29 is 17.6 Å². The molecule has 0 heterocycles. The molecule has 2 rings (SSSR count). The molecule has 0 spiro atoms. The van der Waals surface area contributed by atoms with Crippen molar-refractivity contribution >= 4 is 28.6 Å². The van der Waals surface area contributed by atoms with Crippen molar-refractivity contribution in [2.45, 2.75) is 0 Å². The number of benzene rings is 2. The Bertz CT molecular complexity index is 645. The maximum Gasteiger partial charge on any atom is 0.150 e. The van der Waals surface area contributed by atoms with Gasteiger partial charge in [-0.15, -0.1) is 0 Å². The molecule has 3 N–H and O–H groups in total. The Labute approximate surface area is 117 Å². The smallest absolute Gasteiger partial charge is 0.150 e. The van der Waals surface area contributed by atoms with E-state index >= 15 is 0 Å². The average molecular weight is 300 g/mol. The van der Waals surface area contributed by atoms with E-state index in [9.17, 15) is 17.6 Å². The zero-order chi connectivity index (χ0) is 14.9. The Kier molecular flexibility index (Phi) is 3.89. The van der Waals surface area contributed by atoms with Gasteiger partial charge in [0.25, 0.3) is 0 Å². The normalized spacial score (nSPS) is 10.4. The topological polar surface area (TPSA) is 38.0 Å². The Morgan fingerprint density at radius 1 is 0.900 bits per heavy atom. The van der Waals surface area contributed by atoms with Crippen molar-refractivity contribution in [3.63, 3.8) is 0 Å². The van der Waals surface area contributed by atoms with Gasteiger partial charge in [-0.05, 0) is 24.3 Å². The molecule has 2 nitrogen and oxygen atoms in total. The van der Waals surface area contributed by atoms with Gasteiger partial charge in [-0.25, -0.2) is 17.6 Å². The van der Waals surface area contributed by atoms with Crippen molar-refractivity contribution in [1.82, 2.24) is 0 Å². The van der Waals surface area contributed by atoms with Crippen LogP contribution in [-0.2, 0) is 0 Å². The zero-order valence-corrected chi connectivity index (χ0v) is 10.7. The second-order valence-corrected chi connectivity index (χ2v) is 4.40. The lowest BCUT2D eigenvalue weighted by Crippen LogP contribution is -2.11. The molecular weight excluding hydrogens is 292 g/mol. The SMILES string of the molecule is NC(=S)c1cc(F)c(Nc2cc(F)cc(F)c2)c(F)c1. The predicted octanol–water partition coefficient (Wildman–Crippen LogP) is 3.62. The van der Waals surface area contributed by atoms with Gasteiger partial charge in [-0.2, -0.15) is 0 Å². The van der Waals surface area contributed by atoms with Crippen molar-refractivity contribution in [2.24, 2.45) is 5.73 Å². The van der Waals surface area contributed by atoms with Crippen molar-refractivity contribution in [2.75, 3.05) is 5.32 Å². The largest absolute Gasteiger partial charge is 0.389 e. The summed E-state index contributed by atoms with van der Waals surface area (Å²) in [7, 11) is 0. The number of rotatable bonds is 3. The van der Waals surface area contributed by atoms with Crippen molar-refractivity contribution in [1.29, 1.82) is 0 Å². The van der Waals surface area contributed by atoms with Gasteiger partial charge in [0, 0.05) is 17.3 Å². The number of nitrogens with two attached hydrogens (primary N) is 1. The molecule has 0 radical (unpaired) electrons. The van der Waals surface area contributed by atoms with Gasteiger partial charge >= 0.3 is 0 Å². The summed E-state index contributed by atoms with van der Waals surface area (Å²) >= 11 is 4.61. The van der Waals surface area contributed by atoms with Crippen LogP contribution in [0.4, 0.5) is 28.9 Å². The third-order valence-electron chi connectivity index (χ3n) is 2.46. The van der Waals surface area contributed by atoms with Crippen LogP contribution in [0, 0.1) is 23.3 Å². The third-order valence-corrected chi connectivity index (χ3v) is 2.69. The maximum absolute atomic E-state index is 13.8. The van der Waals surface area contributed by atoms with E-state index in [-0.39, 0.29) is 16.2 Å². The van der Waals surface area contributed by atoms with Crippen LogP contribution in [0.3, 0.4) is 0 Å². The number of hydrogen-bond acceptors (Lipinski definition) is 2. The molecule has 0 aliphatic heterocycles. The first-order valence-corrected chi connectivity index (χ1v) is 5.79. The second kappa shape index (κ2) is 5.46. The van der Waals surface area contributed by atoms with Gasteiger partial charge in [0.05, 0.1) is 0 Å². The van der Waals surface area contributed by atoms with Crippen LogP contribution in [0.25, 0.3) is 0 Å². The molecule has 0 atom stereocenters. The summed E-state index contributed by atoms with van der Waals surface area (Å²) in [5, 5.41) is 2.27. The quantitative estimate of drug-likeness (QED) is 0.671. The van der Waals surface area contributed by atoms with Crippen LogP contribution >= 0.6 is 12.2 Å². The minimum atomic E-state index is -0.975. The number of halogens is 4. The van der Waals surface area contributed by atoms with E-state index in [1.807, 2.05) is 0 Å². The van der Waals surface area contributed by atoms with E-state index in [1.54, 1.807) is 0 Å². The second-order valence-electron chi connectivity index (χ2n) is 3.96. The van der Waals surface area contributed by atoms with E-state index in [2.05, 4.69) is 17.5 Å². The molecule has 0 saturated heterocycles. The van der Waals surface area contributed by atoms with Gasteiger partial charge in [-0.1, -0.05) is 12.2 Å². The first kappa shape index (κ1) is 14.3. The first-order valence-electron chi connectivity index (χ1n) is 5.39. The Morgan fingerprint density at radius 3 is 1.85 bits per heavy atom. The van der Waals surface area contributed by atoms with Gasteiger partial charge in [-0.3, -0.25) is 0 Å². The van der Waals surface area contributed by atoms with Crippen LogP contribution < -0.4 is 11.1 Å². The molecule has 0 aliphatic carbocycles. The molecule has 0 fully saturated rings. The Morgan fingerprint density at radius 2 is 1.40 bits per heavy atom. The minimum Gasteiger partial charge on any atom is -0.389 e. The highest BCUT2D eigenvalue weighted by Crippen LogP contribution is 2.25. The summed E-state index contributed by atoms with van der Waals surface area (Å²) in [4.78, 5) is -0.161. The fourth-order valence-electron chi connectivity index (χ4n) is 1.61. The van der Waals surface area contributed by atoms with Crippen LogP contribution in [0.2, 0.25) is 0 Å². The Hall–Kier alpha value is -2.15. The van der Waals surface area contributed by atoms with E-state index in [0.717, 1.165) is 24.3 Å². The van der Waals surface area contributed by atoms with E-state index in [4.69, 9.17) is 5.73 Å². The van der Waals surface area contributed by atoms with Gasteiger partial charge < -0.3 is 11.1 Å². The highest BCUT2D eigenvalue weighted by Gasteiger charge is 2.13. The molecule has 7 heteroatoms. The molecular formula is C13H8F4N2S. The highest BCUT2D eigenvalue weighted by atomic mass is 32.1. The molecule has 20 heavy (non-hydrogen) atoms. The number of hydrogen-bond donors (Lipinski definition) is 2. The third kappa shape index (κ3) is 3.05. The zero-order valence-electron chi connectivity index (χ0n) is 9.88. The molecule has 2 aromatic carbocycles. The lowest BCUT2D eigenvalue weighted by molar-refractivity contribution is 0.581.